The Hall–Kier alpha value is -2.37. The Labute approximate surface area is 91.7 Å². The van der Waals surface area contributed by atoms with Crippen molar-refractivity contribution in [2.45, 2.75) is 0 Å². The van der Waals surface area contributed by atoms with E-state index in [1.807, 2.05) is 0 Å². The Morgan fingerprint density at radius 1 is 1.44 bits per heavy atom. The number of hydrogen-bond donors (Lipinski definition) is 2. The molecule has 82 valence electrons. The normalized spacial score (nSPS) is 9.81. The maximum atomic E-state index is 11.7. The van der Waals surface area contributed by atoms with Crippen molar-refractivity contribution in [3.63, 3.8) is 0 Å². The summed E-state index contributed by atoms with van der Waals surface area (Å²) in [6.45, 7) is 0. The van der Waals surface area contributed by atoms with Crippen molar-refractivity contribution in [2.75, 3.05) is 17.7 Å². The number of nitrogens with one attached hydrogen (secondary N) is 2. The molecule has 0 aliphatic carbocycles. The van der Waals surface area contributed by atoms with Crippen LogP contribution >= 0.6 is 0 Å². The third-order valence-electron chi connectivity index (χ3n) is 1.96. The Balaban J connectivity index is 2.14. The molecule has 0 spiro atoms. The van der Waals surface area contributed by atoms with Gasteiger partial charge in [-0.05, 0) is 12.1 Å². The number of pyridine rings is 1. The minimum atomic E-state index is -0.328. The molecule has 0 aromatic carbocycles. The van der Waals surface area contributed by atoms with Crippen LogP contribution in [0.1, 0.15) is 10.5 Å². The van der Waals surface area contributed by atoms with Gasteiger partial charge in [-0.1, -0.05) is 5.16 Å². The van der Waals surface area contributed by atoms with Gasteiger partial charge in [-0.15, -0.1) is 0 Å². The summed E-state index contributed by atoms with van der Waals surface area (Å²) in [4.78, 5) is 15.7. The Morgan fingerprint density at radius 2 is 2.31 bits per heavy atom. The fourth-order valence-corrected chi connectivity index (χ4v) is 1.17. The monoisotopic (exact) mass is 218 g/mol. The van der Waals surface area contributed by atoms with Gasteiger partial charge in [0, 0.05) is 25.0 Å². The van der Waals surface area contributed by atoms with Gasteiger partial charge in [0.15, 0.2) is 5.82 Å². The summed E-state index contributed by atoms with van der Waals surface area (Å²) < 4.78 is 4.60. The molecule has 0 aliphatic heterocycles. The summed E-state index contributed by atoms with van der Waals surface area (Å²) in [5.41, 5.74) is 1.13. The van der Waals surface area contributed by atoms with E-state index in [2.05, 4.69) is 25.3 Å². The molecule has 1 amide bonds. The summed E-state index contributed by atoms with van der Waals surface area (Å²) in [5.74, 6) is 0.0349. The lowest BCUT2D eigenvalue weighted by molar-refractivity contribution is 0.102. The van der Waals surface area contributed by atoms with E-state index in [9.17, 15) is 4.79 Å². The van der Waals surface area contributed by atoms with Crippen molar-refractivity contribution in [2.24, 2.45) is 0 Å². The third-order valence-corrected chi connectivity index (χ3v) is 1.96. The zero-order valence-electron chi connectivity index (χ0n) is 8.60. The number of carbonyl (C=O) groups excluding carboxylic acids is 1. The average Bonchev–Trinajstić information content (AvgIpc) is 2.82. The standard InChI is InChI=1S/C10H10N4O2/c1-11-7-2-4-12-8(6-7)10(15)13-9-3-5-16-14-9/h2-6H,1H3,(H,11,12)(H,13,14,15). The fraction of sp³-hybridized carbons (Fsp3) is 0.100. The van der Waals surface area contributed by atoms with Crippen LogP contribution in [0.5, 0.6) is 0 Å². The number of hydrogen-bond acceptors (Lipinski definition) is 5. The number of amides is 1. The number of aromatic nitrogens is 2. The second-order valence-electron chi connectivity index (χ2n) is 3.02. The quantitative estimate of drug-likeness (QED) is 0.813. The third kappa shape index (κ3) is 2.17. The zero-order valence-corrected chi connectivity index (χ0v) is 8.60. The van der Waals surface area contributed by atoms with Crippen LogP contribution in [0.15, 0.2) is 35.2 Å². The van der Waals surface area contributed by atoms with E-state index in [1.54, 1.807) is 31.4 Å². The van der Waals surface area contributed by atoms with E-state index >= 15 is 0 Å². The van der Waals surface area contributed by atoms with Crippen molar-refractivity contribution < 1.29 is 9.32 Å². The van der Waals surface area contributed by atoms with Crippen molar-refractivity contribution in [3.05, 3.63) is 36.4 Å². The predicted molar refractivity (Wildman–Crippen MR) is 58.2 cm³/mol. The predicted octanol–water partition coefficient (Wildman–Crippen LogP) is 1.36. The topological polar surface area (TPSA) is 80.0 Å². The molecule has 2 aromatic rings. The van der Waals surface area contributed by atoms with Crippen LogP contribution < -0.4 is 10.6 Å². The van der Waals surface area contributed by atoms with Gasteiger partial charge in [-0.25, -0.2) is 0 Å². The van der Waals surface area contributed by atoms with Crippen LogP contribution in [0.3, 0.4) is 0 Å². The van der Waals surface area contributed by atoms with Crippen molar-refractivity contribution in [3.8, 4) is 0 Å². The molecule has 0 bridgehead atoms. The first-order valence-electron chi connectivity index (χ1n) is 4.65. The summed E-state index contributed by atoms with van der Waals surface area (Å²) in [5, 5.41) is 9.06. The molecule has 6 heteroatoms. The highest BCUT2D eigenvalue weighted by Crippen LogP contribution is 2.09. The summed E-state index contributed by atoms with van der Waals surface area (Å²) in [6.07, 6.45) is 2.94. The Morgan fingerprint density at radius 3 is 3.00 bits per heavy atom. The molecule has 2 rings (SSSR count). The van der Waals surface area contributed by atoms with Crippen molar-refractivity contribution in [1.82, 2.24) is 10.1 Å². The van der Waals surface area contributed by atoms with E-state index in [4.69, 9.17) is 0 Å². The summed E-state index contributed by atoms with van der Waals surface area (Å²) >= 11 is 0. The second-order valence-corrected chi connectivity index (χ2v) is 3.02. The maximum absolute atomic E-state index is 11.7. The van der Waals surface area contributed by atoms with E-state index in [0.29, 0.717) is 11.5 Å². The highest BCUT2D eigenvalue weighted by Gasteiger charge is 2.09. The molecule has 16 heavy (non-hydrogen) atoms. The number of nitrogens with zero attached hydrogens (tertiary/aromatic N) is 2. The Kier molecular flexibility index (Phi) is 2.81. The van der Waals surface area contributed by atoms with E-state index < -0.39 is 0 Å². The minimum Gasteiger partial charge on any atom is -0.388 e. The number of rotatable bonds is 3. The van der Waals surface area contributed by atoms with E-state index in [-0.39, 0.29) is 5.91 Å². The first kappa shape index (κ1) is 10.2. The van der Waals surface area contributed by atoms with Crippen molar-refractivity contribution in [1.29, 1.82) is 0 Å². The van der Waals surface area contributed by atoms with Crippen LogP contribution in [0.4, 0.5) is 11.5 Å². The molecule has 0 saturated carbocycles. The van der Waals surface area contributed by atoms with Crippen LogP contribution in [-0.4, -0.2) is 23.1 Å². The fourth-order valence-electron chi connectivity index (χ4n) is 1.17. The lowest BCUT2D eigenvalue weighted by Gasteiger charge is -2.03. The molecule has 2 N–H and O–H groups in total. The van der Waals surface area contributed by atoms with Gasteiger partial charge < -0.3 is 15.2 Å². The molecule has 0 atom stereocenters. The number of anilines is 2. The van der Waals surface area contributed by atoms with Crippen LogP contribution in [0.25, 0.3) is 0 Å². The number of carbonyl (C=O) groups is 1. The van der Waals surface area contributed by atoms with Gasteiger partial charge in [-0.3, -0.25) is 9.78 Å². The first-order valence-corrected chi connectivity index (χ1v) is 4.65. The summed E-state index contributed by atoms with van der Waals surface area (Å²) in [7, 11) is 1.77. The average molecular weight is 218 g/mol. The molecule has 2 heterocycles. The highest BCUT2D eigenvalue weighted by atomic mass is 16.5. The lowest BCUT2D eigenvalue weighted by Crippen LogP contribution is -2.13. The largest absolute Gasteiger partial charge is 0.388 e. The molecule has 0 saturated heterocycles. The Bertz CT molecular complexity index is 481. The molecular weight excluding hydrogens is 208 g/mol. The van der Waals surface area contributed by atoms with E-state index in [0.717, 1.165) is 5.69 Å². The van der Waals surface area contributed by atoms with Gasteiger partial charge in [0.1, 0.15) is 12.0 Å². The molecular formula is C10H10N4O2. The zero-order chi connectivity index (χ0) is 11.4. The highest BCUT2D eigenvalue weighted by molar-refractivity contribution is 6.02. The molecule has 0 aliphatic rings. The summed E-state index contributed by atoms with van der Waals surface area (Å²) in [6, 6.07) is 4.97. The van der Waals surface area contributed by atoms with Gasteiger partial charge in [0.05, 0.1) is 0 Å². The van der Waals surface area contributed by atoms with Gasteiger partial charge in [0.2, 0.25) is 0 Å². The molecule has 2 aromatic heterocycles. The van der Waals surface area contributed by atoms with Crippen LogP contribution in [-0.2, 0) is 0 Å². The van der Waals surface area contributed by atoms with E-state index in [1.165, 1.54) is 6.26 Å². The molecule has 0 radical (unpaired) electrons. The van der Waals surface area contributed by atoms with Crippen LogP contribution in [0.2, 0.25) is 0 Å². The molecule has 0 fully saturated rings. The molecule has 0 unspecified atom stereocenters. The van der Waals surface area contributed by atoms with Gasteiger partial charge in [-0.2, -0.15) is 0 Å². The smallest absolute Gasteiger partial charge is 0.275 e. The first-order chi connectivity index (χ1) is 7.79. The SMILES string of the molecule is CNc1ccnc(C(=O)Nc2ccon2)c1. The molecule has 6 nitrogen and oxygen atoms in total. The maximum Gasteiger partial charge on any atom is 0.275 e. The lowest BCUT2D eigenvalue weighted by atomic mass is 10.3. The van der Waals surface area contributed by atoms with Gasteiger partial charge >= 0.3 is 0 Å². The minimum absolute atomic E-state index is 0.315. The second kappa shape index (κ2) is 4.43. The van der Waals surface area contributed by atoms with Gasteiger partial charge in [0.25, 0.3) is 5.91 Å². The van der Waals surface area contributed by atoms with Crippen molar-refractivity contribution >= 4 is 17.4 Å². The van der Waals surface area contributed by atoms with Crippen LogP contribution in [0, 0.1) is 0 Å².